The Morgan fingerprint density at radius 1 is 1.19 bits per heavy atom. The molecule has 1 atom stereocenters. The van der Waals surface area contributed by atoms with E-state index in [0.717, 1.165) is 16.2 Å². The number of benzene rings is 1. The summed E-state index contributed by atoms with van der Waals surface area (Å²) in [6.45, 7) is 2.12. The maximum absolute atomic E-state index is 12.2. The first-order valence-corrected chi connectivity index (χ1v) is 9.22. The highest BCUT2D eigenvalue weighted by Crippen LogP contribution is 2.28. The Balaban J connectivity index is 1.63. The van der Waals surface area contributed by atoms with Crippen LogP contribution in [-0.4, -0.2) is 18.4 Å². The van der Waals surface area contributed by atoms with Gasteiger partial charge in [0.2, 0.25) is 0 Å². The Hall–Kier alpha value is -2.57. The van der Waals surface area contributed by atoms with E-state index in [0.29, 0.717) is 10.7 Å². The standard InChI is InChI=1S/C19H17ClN2O3S/c1-12-6-7-13(10-15(12)20)22-19(24)18(23)21-11-14(16-4-2-8-25-16)17-5-3-9-26-17/h2-10,14H,11H2,1H3,(H,21,23)(H,22,24)/t14-/m0/s1. The Morgan fingerprint density at radius 2 is 2.04 bits per heavy atom. The number of thiophene rings is 1. The molecule has 1 aromatic carbocycles. The summed E-state index contributed by atoms with van der Waals surface area (Å²) in [5.41, 5.74) is 1.37. The molecule has 0 saturated heterocycles. The highest BCUT2D eigenvalue weighted by Gasteiger charge is 2.21. The second-order valence-corrected chi connectivity index (χ2v) is 7.10. The molecule has 0 fully saturated rings. The first-order valence-electron chi connectivity index (χ1n) is 7.96. The van der Waals surface area contributed by atoms with Crippen molar-refractivity contribution in [2.24, 2.45) is 0 Å². The molecular formula is C19H17ClN2O3S. The van der Waals surface area contributed by atoms with E-state index >= 15 is 0 Å². The molecule has 5 nitrogen and oxygen atoms in total. The van der Waals surface area contributed by atoms with Crippen molar-refractivity contribution < 1.29 is 14.0 Å². The lowest BCUT2D eigenvalue weighted by molar-refractivity contribution is -0.136. The van der Waals surface area contributed by atoms with Crippen LogP contribution in [0.2, 0.25) is 5.02 Å². The fourth-order valence-corrected chi connectivity index (χ4v) is 3.47. The van der Waals surface area contributed by atoms with E-state index in [1.54, 1.807) is 41.9 Å². The van der Waals surface area contributed by atoms with Gasteiger partial charge in [-0.1, -0.05) is 23.7 Å². The molecule has 26 heavy (non-hydrogen) atoms. The average Bonchev–Trinajstić information content (AvgIpc) is 3.32. The number of hydrogen-bond acceptors (Lipinski definition) is 4. The van der Waals surface area contributed by atoms with E-state index in [9.17, 15) is 9.59 Å². The fourth-order valence-electron chi connectivity index (χ4n) is 2.45. The summed E-state index contributed by atoms with van der Waals surface area (Å²) in [4.78, 5) is 25.3. The topological polar surface area (TPSA) is 71.3 Å². The average molecular weight is 389 g/mol. The van der Waals surface area contributed by atoms with Gasteiger partial charge in [-0.2, -0.15) is 0 Å². The van der Waals surface area contributed by atoms with Crippen LogP contribution in [0.15, 0.2) is 58.5 Å². The van der Waals surface area contributed by atoms with Crippen LogP contribution >= 0.6 is 22.9 Å². The molecule has 2 heterocycles. The third kappa shape index (κ3) is 4.33. The first kappa shape index (κ1) is 18.2. The zero-order valence-corrected chi connectivity index (χ0v) is 15.6. The third-order valence-corrected chi connectivity index (χ3v) is 5.27. The lowest BCUT2D eigenvalue weighted by atomic mass is 10.0. The minimum atomic E-state index is -0.741. The highest BCUT2D eigenvalue weighted by molar-refractivity contribution is 7.10. The summed E-state index contributed by atoms with van der Waals surface area (Å²) in [6, 6.07) is 12.6. The van der Waals surface area contributed by atoms with E-state index in [2.05, 4.69) is 10.6 Å². The van der Waals surface area contributed by atoms with E-state index in [-0.39, 0.29) is 12.5 Å². The van der Waals surface area contributed by atoms with E-state index < -0.39 is 11.8 Å². The molecule has 2 amide bonds. The fraction of sp³-hybridized carbons (Fsp3) is 0.158. The molecule has 0 unspecified atom stereocenters. The summed E-state index contributed by atoms with van der Waals surface area (Å²) in [6.07, 6.45) is 1.59. The highest BCUT2D eigenvalue weighted by atomic mass is 35.5. The van der Waals surface area contributed by atoms with Crippen molar-refractivity contribution in [3.8, 4) is 0 Å². The normalized spacial score (nSPS) is 11.8. The van der Waals surface area contributed by atoms with Crippen molar-refractivity contribution in [2.75, 3.05) is 11.9 Å². The minimum absolute atomic E-state index is 0.143. The number of hydrogen-bond donors (Lipinski definition) is 2. The van der Waals surface area contributed by atoms with E-state index in [1.165, 1.54) is 0 Å². The summed E-state index contributed by atoms with van der Waals surface area (Å²) >= 11 is 7.60. The minimum Gasteiger partial charge on any atom is -0.469 e. The lowest BCUT2D eigenvalue weighted by Crippen LogP contribution is -2.37. The van der Waals surface area contributed by atoms with E-state index in [1.807, 2.05) is 30.5 Å². The quantitative estimate of drug-likeness (QED) is 0.644. The number of anilines is 1. The summed E-state index contributed by atoms with van der Waals surface area (Å²) in [7, 11) is 0. The van der Waals surface area contributed by atoms with Crippen LogP contribution in [0.25, 0.3) is 0 Å². The van der Waals surface area contributed by atoms with Gasteiger partial charge in [0.15, 0.2) is 0 Å². The van der Waals surface area contributed by atoms with Crippen molar-refractivity contribution in [3.63, 3.8) is 0 Å². The van der Waals surface area contributed by atoms with Crippen LogP contribution in [0.3, 0.4) is 0 Å². The molecular weight excluding hydrogens is 372 g/mol. The van der Waals surface area contributed by atoms with Crippen LogP contribution in [0.4, 0.5) is 5.69 Å². The molecule has 0 aliphatic carbocycles. The van der Waals surface area contributed by atoms with Crippen LogP contribution < -0.4 is 10.6 Å². The van der Waals surface area contributed by atoms with Crippen LogP contribution in [0, 0.1) is 6.92 Å². The molecule has 0 aliphatic heterocycles. The van der Waals surface area contributed by atoms with Crippen LogP contribution in [-0.2, 0) is 9.59 Å². The number of carbonyl (C=O) groups is 2. The second kappa shape index (κ2) is 8.21. The van der Waals surface area contributed by atoms with Crippen molar-refractivity contribution in [1.82, 2.24) is 5.32 Å². The SMILES string of the molecule is Cc1ccc(NC(=O)C(=O)NC[C@@H](c2ccco2)c2cccs2)cc1Cl. The lowest BCUT2D eigenvalue weighted by Gasteiger charge is -2.14. The van der Waals surface area contributed by atoms with Crippen molar-refractivity contribution >= 4 is 40.4 Å². The zero-order chi connectivity index (χ0) is 18.5. The summed E-state index contributed by atoms with van der Waals surface area (Å²) in [5, 5.41) is 7.70. The monoisotopic (exact) mass is 388 g/mol. The molecule has 0 spiro atoms. The number of nitrogens with one attached hydrogen (secondary N) is 2. The number of furan rings is 1. The van der Waals surface area contributed by atoms with Gasteiger partial charge in [0.25, 0.3) is 0 Å². The van der Waals surface area contributed by atoms with Gasteiger partial charge in [0.05, 0.1) is 12.2 Å². The molecule has 3 rings (SSSR count). The smallest absolute Gasteiger partial charge is 0.313 e. The third-order valence-electron chi connectivity index (χ3n) is 3.88. The number of aryl methyl sites for hydroxylation is 1. The van der Waals surface area contributed by atoms with Gasteiger partial charge in [-0.05, 0) is 48.2 Å². The summed E-state index contributed by atoms with van der Waals surface area (Å²) in [5.74, 6) is -0.863. The van der Waals surface area contributed by atoms with Crippen molar-refractivity contribution in [2.45, 2.75) is 12.8 Å². The number of halogens is 1. The second-order valence-electron chi connectivity index (χ2n) is 5.71. The van der Waals surface area contributed by atoms with Crippen LogP contribution in [0.1, 0.15) is 22.1 Å². The molecule has 2 N–H and O–H groups in total. The predicted octanol–water partition coefficient (Wildman–Crippen LogP) is 4.19. The molecule has 0 bridgehead atoms. The first-order chi connectivity index (χ1) is 12.5. The predicted molar refractivity (Wildman–Crippen MR) is 103 cm³/mol. The van der Waals surface area contributed by atoms with Crippen molar-refractivity contribution in [3.05, 3.63) is 75.3 Å². The number of rotatable bonds is 5. The molecule has 7 heteroatoms. The molecule has 0 saturated carbocycles. The van der Waals surface area contributed by atoms with Gasteiger partial charge < -0.3 is 15.1 Å². The molecule has 3 aromatic rings. The van der Waals surface area contributed by atoms with Gasteiger partial charge in [-0.3, -0.25) is 9.59 Å². The Labute approximate surface area is 160 Å². The zero-order valence-electron chi connectivity index (χ0n) is 14.0. The van der Waals surface area contributed by atoms with Gasteiger partial charge in [-0.25, -0.2) is 0 Å². The maximum Gasteiger partial charge on any atom is 0.313 e. The molecule has 134 valence electrons. The number of amides is 2. The largest absolute Gasteiger partial charge is 0.469 e. The number of carbonyl (C=O) groups excluding carboxylic acids is 2. The van der Waals surface area contributed by atoms with Crippen LogP contribution in [0.5, 0.6) is 0 Å². The van der Waals surface area contributed by atoms with Gasteiger partial charge in [0.1, 0.15) is 5.76 Å². The molecule has 2 aromatic heterocycles. The Kier molecular flexibility index (Phi) is 5.75. The molecule has 0 aliphatic rings. The maximum atomic E-state index is 12.2. The van der Waals surface area contributed by atoms with Gasteiger partial charge in [-0.15, -0.1) is 11.3 Å². The van der Waals surface area contributed by atoms with E-state index in [4.69, 9.17) is 16.0 Å². The van der Waals surface area contributed by atoms with Gasteiger partial charge in [0, 0.05) is 22.1 Å². The Morgan fingerprint density at radius 3 is 2.69 bits per heavy atom. The van der Waals surface area contributed by atoms with Gasteiger partial charge >= 0.3 is 11.8 Å². The van der Waals surface area contributed by atoms with Crippen molar-refractivity contribution in [1.29, 1.82) is 0 Å². The summed E-state index contributed by atoms with van der Waals surface area (Å²) < 4.78 is 5.47. The Bertz CT molecular complexity index is 857. The molecule has 0 radical (unpaired) electrons.